The van der Waals surface area contributed by atoms with E-state index in [-0.39, 0.29) is 0 Å². The minimum Gasteiger partial charge on any atom is -0.352 e. The zero-order chi connectivity index (χ0) is 17.4. The molecular formula is C19H24N6. The zero-order valence-corrected chi connectivity index (χ0v) is 15.1. The first-order chi connectivity index (χ1) is 12.1. The number of rotatable bonds is 3. The number of aryl methyl sites for hydroxylation is 2. The van der Waals surface area contributed by atoms with E-state index in [0.717, 1.165) is 54.3 Å². The van der Waals surface area contributed by atoms with Crippen molar-refractivity contribution in [1.82, 2.24) is 25.3 Å². The summed E-state index contributed by atoms with van der Waals surface area (Å²) < 4.78 is 0. The summed E-state index contributed by atoms with van der Waals surface area (Å²) in [5, 5.41) is 3.43. The van der Waals surface area contributed by atoms with E-state index in [2.05, 4.69) is 58.2 Å². The van der Waals surface area contributed by atoms with Crippen LogP contribution in [0.3, 0.4) is 0 Å². The van der Waals surface area contributed by atoms with Crippen molar-refractivity contribution >= 4 is 16.9 Å². The Kier molecular flexibility index (Phi) is 4.13. The van der Waals surface area contributed by atoms with E-state index in [4.69, 9.17) is 4.98 Å². The molecule has 0 atom stereocenters. The Morgan fingerprint density at radius 1 is 1.08 bits per heavy atom. The molecule has 3 heterocycles. The third-order valence-corrected chi connectivity index (χ3v) is 5.00. The number of aromatic nitrogens is 4. The van der Waals surface area contributed by atoms with Gasteiger partial charge >= 0.3 is 0 Å². The van der Waals surface area contributed by atoms with Crippen LogP contribution in [0, 0.1) is 13.8 Å². The molecule has 0 fully saturated rings. The molecule has 0 spiro atoms. The lowest BCUT2D eigenvalue weighted by Gasteiger charge is -2.20. The summed E-state index contributed by atoms with van der Waals surface area (Å²) in [6.07, 6.45) is 3.61. The molecule has 0 bridgehead atoms. The lowest BCUT2D eigenvalue weighted by atomic mass is 10.1. The molecule has 0 amide bonds. The summed E-state index contributed by atoms with van der Waals surface area (Å²) in [4.78, 5) is 19.4. The average Bonchev–Trinajstić information content (AvgIpc) is 2.81. The highest BCUT2D eigenvalue weighted by Gasteiger charge is 2.17. The lowest BCUT2D eigenvalue weighted by Crippen LogP contribution is -2.21. The maximum Gasteiger partial charge on any atom is 0.135 e. The van der Waals surface area contributed by atoms with Crippen LogP contribution in [0.15, 0.2) is 18.5 Å². The van der Waals surface area contributed by atoms with Crippen LogP contribution in [0.4, 0.5) is 5.82 Å². The van der Waals surface area contributed by atoms with Crippen LogP contribution < -0.4 is 10.2 Å². The van der Waals surface area contributed by atoms with Crippen LogP contribution >= 0.6 is 0 Å². The van der Waals surface area contributed by atoms with Crippen molar-refractivity contribution in [3.63, 3.8) is 0 Å². The number of anilines is 1. The second-order valence-electron chi connectivity index (χ2n) is 6.87. The number of H-pyrrole nitrogens is 1. The number of hydrogen-bond acceptors (Lipinski definition) is 5. The van der Waals surface area contributed by atoms with E-state index >= 15 is 0 Å². The zero-order valence-electron chi connectivity index (χ0n) is 15.1. The molecule has 130 valence electrons. The fourth-order valence-corrected chi connectivity index (χ4v) is 3.48. The number of nitrogens with one attached hydrogen (secondary N) is 2. The minimum absolute atomic E-state index is 0.698. The summed E-state index contributed by atoms with van der Waals surface area (Å²) in [5.74, 6) is 1.98. The number of aromatic amines is 1. The molecule has 1 aliphatic rings. The van der Waals surface area contributed by atoms with Crippen LogP contribution in [-0.2, 0) is 19.4 Å². The van der Waals surface area contributed by atoms with E-state index in [1.54, 1.807) is 6.33 Å². The van der Waals surface area contributed by atoms with Gasteiger partial charge in [-0.2, -0.15) is 0 Å². The minimum atomic E-state index is 0.698. The van der Waals surface area contributed by atoms with Gasteiger partial charge in [-0.3, -0.25) is 0 Å². The van der Waals surface area contributed by atoms with Gasteiger partial charge in [0.2, 0.25) is 0 Å². The number of nitrogens with zero attached hydrogens (tertiary/aromatic N) is 4. The summed E-state index contributed by atoms with van der Waals surface area (Å²) in [7, 11) is 2.07. The van der Waals surface area contributed by atoms with Gasteiger partial charge in [-0.15, -0.1) is 0 Å². The average molecular weight is 336 g/mol. The second kappa shape index (κ2) is 6.44. The number of hydrogen-bond donors (Lipinski definition) is 2. The lowest BCUT2D eigenvalue weighted by molar-refractivity contribution is 0.708. The largest absolute Gasteiger partial charge is 0.352 e. The Balaban J connectivity index is 1.63. The van der Waals surface area contributed by atoms with Crippen molar-refractivity contribution in [3.8, 4) is 0 Å². The SMILES string of the molecule is Cc1cc2nc(CN(C)c3ncnc4c3CCNCC4)[nH]c2cc1C. The highest BCUT2D eigenvalue weighted by molar-refractivity contribution is 5.77. The Bertz CT molecular complexity index is 875. The van der Waals surface area contributed by atoms with E-state index in [1.165, 1.54) is 16.7 Å². The van der Waals surface area contributed by atoms with Crippen molar-refractivity contribution in [1.29, 1.82) is 0 Å². The summed E-state index contributed by atoms with van der Waals surface area (Å²) in [6, 6.07) is 4.32. The predicted octanol–water partition coefficient (Wildman–Crippen LogP) is 2.29. The Morgan fingerprint density at radius 2 is 1.88 bits per heavy atom. The first-order valence-corrected chi connectivity index (χ1v) is 8.82. The van der Waals surface area contributed by atoms with E-state index < -0.39 is 0 Å². The van der Waals surface area contributed by atoms with Crippen molar-refractivity contribution in [2.45, 2.75) is 33.2 Å². The quantitative estimate of drug-likeness (QED) is 0.768. The third-order valence-electron chi connectivity index (χ3n) is 5.00. The van der Waals surface area contributed by atoms with Crippen molar-refractivity contribution in [3.05, 3.63) is 46.7 Å². The van der Waals surface area contributed by atoms with Crippen molar-refractivity contribution in [2.24, 2.45) is 0 Å². The topological polar surface area (TPSA) is 69.7 Å². The van der Waals surface area contributed by atoms with Crippen molar-refractivity contribution in [2.75, 3.05) is 25.0 Å². The molecule has 2 N–H and O–H groups in total. The van der Waals surface area contributed by atoms with Gasteiger partial charge in [-0.05, 0) is 50.1 Å². The van der Waals surface area contributed by atoms with E-state index in [1.807, 2.05) is 0 Å². The Morgan fingerprint density at radius 3 is 2.76 bits per heavy atom. The van der Waals surface area contributed by atoms with Gasteiger partial charge in [-0.25, -0.2) is 15.0 Å². The van der Waals surface area contributed by atoms with Crippen LogP contribution in [0.1, 0.15) is 28.2 Å². The maximum atomic E-state index is 4.76. The third kappa shape index (κ3) is 3.09. The molecule has 0 unspecified atom stereocenters. The standard InChI is InChI=1S/C19H24N6/c1-12-8-16-17(9-13(12)2)24-18(23-16)10-25(3)19-14-4-6-20-7-5-15(14)21-11-22-19/h8-9,11,20H,4-7,10H2,1-3H3,(H,23,24). The van der Waals surface area contributed by atoms with Gasteiger partial charge in [0.25, 0.3) is 0 Å². The molecule has 3 aromatic rings. The summed E-state index contributed by atoms with van der Waals surface area (Å²) in [6.45, 7) is 6.91. The molecule has 0 aliphatic carbocycles. The van der Waals surface area contributed by atoms with Gasteiger partial charge in [0, 0.05) is 25.6 Å². The Labute approximate surface area is 147 Å². The first-order valence-electron chi connectivity index (χ1n) is 8.82. The van der Waals surface area contributed by atoms with E-state index in [0.29, 0.717) is 6.54 Å². The smallest absolute Gasteiger partial charge is 0.135 e. The van der Waals surface area contributed by atoms with Gasteiger partial charge in [0.05, 0.1) is 23.3 Å². The fourth-order valence-electron chi connectivity index (χ4n) is 3.48. The molecular weight excluding hydrogens is 312 g/mol. The normalized spacial score (nSPS) is 14.4. The van der Waals surface area contributed by atoms with Crippen LogP contribution in [0.25, 0.3) is 11.0 Å². The molecule has 6 nitrogen and oxygen atoms in total. The predicted molar refractivity (Wildman–Crippen MR) is 100.0 cm³/mol. The van der Waals surface area contributed by atoms with Gasteiger partial charge in [0.15, 0.2) is 0 Å². The number of fused-ring (bicyclic) bond motifs is 2. The van der Waals surface area contributed by atoms with Crippen LogP contribution in [0.5, 0.6) is 0 Å². The van der Waals surface area contributed by atoms with Crippen LogP contribution in [0.2, 0.25) is 0 Å². The molecule has 0 saturated heterocycles. The van der Waals surface area contributed by atoms with Crippen LogP contribution in [-0.4, -0.2) is 40.1 Å². The first kappa shape index (κ1) is 16.0. The Hall–Kier alpha value is -2.47. The van der Waals surface area contributed by atoms with Gasteiger partial charge < -0.3 is 15.2 Å². The van der Waals surface area contributed by atoms with E-state index in [9.17, 15) is 0 Å². The highest BCUT2D eigenvalue weighted by Crippen LogP contribution is 2.23. The molecule has 2 aromatic heterocycles. The molecule has 1 aliphatic heterocycles. The van der Waals surface area contributed by atoms with Gasteiger partial charge in [0.1, 0.15) is 18.0 Å². The number of imidazole rings is 1. The fraction of sp³-hybridized carbons (Fsp3) is 0.421. The molecule has 4 rings (SSSR count). The summed E-state index contributed by atoms with van der Waals surface area (Å²) >= 11 is 0. The molecule has 0 radical (unpaired) electrons. The number of benzene rings is 1. The highest BCUT2D eigenvalue weighted by atomic mass is 15.2. The van der Waals surface area contributed by atoms with Gasteiger partial charge in [-0.1, -0.05) is 0 Å². The second-order valence-corrected chi connectivity index (χ2v) is 6.87. The van der Waals surface area contributed by atoms with Crippen molar-refractivity contribution < 1.29 is 0 Å². The monoisotopic (exact) mass is 336 g/mol. The molecule has 6 heteroatoms. The molecule has 25 heavy (non-hydrogen) atoms. The summed E-state index contributed by atoms with van der Waals surface area (Å²) in [5.41, 5.74) is 7.10. The molecule has 0 saturated carbocycles. The molecule has 1 aromatic carbocycles. The maximum absolute atomic E-state index is 4.76.